The summed E-state index contributed by atoms with van der Waals surface area (Å²) in [6, 6.07) is 23.7. The quantitative estimate of drug-likeness (QED) is 0.336. The van der Waals surface area contributed by atoms with E-state index in [4.69, 9.17) is 33.1 Å². The number of nitrogens with one attached hydrogen (secondary N) is 1. The van der Waals surface area contributed by atoms with Gasteiger partial charge in [0.15, 0.2) is 0 Å². The summed E-state index contributed by atoms with van der Waals surface area (Å²) >= 11 is 12.1. The van der Waals surface area contributed by atoms with Crippen LogP contribution in [0.15, 0.2) is 83.8 Å². The van der Waals surface area contributed by atoms with E-state index >= 15 is 0 Å². The molecule has 0 spiro atoms. The Morgan fingerprint density at radius 3 is 2.34 bits per heavy atom. The van der Waals surface area contributed by atoms with E-state index in [2.05, 4.69) is 5.32 Å². The molecule has 0 unspecified atom stereocenters. The van der Waals surface area contributed by atoms with Crippen molar-refractivity contribution >= 4 is 49.7 Å². The van der Waals surface area contributed by atoms with E-state index in [1.54, 1.807) is 24.3 Å². The zero-order chi connectivity index (χ0) is 22.7. The molecule has 164 valence electrons. The maximum atomic E-state index is 11.5. The lowest BCUT2D eigenvalue weighted by Gasteiger charge is -2.16. The first kappa shape index (κ1) is 22.4. The van der Waals surface area contributed by atoms with E-state index in [-0.39, 0.29) is 4.90 Å². The van der Waals surface area contributed by atoms with Crippen LogP contribution in [0.3, 0.4) is 0 Å². The standard InChI is InChI=1S/C24H20Cl2N2O3S/c25-22-11-5-16(13-23(22)26)15-31-24-12-6-17-3-1-2-4-20(17)21(24)14-28-18-7-9-19(10-8-18)32(27,29)30/h1-13,28H,14-15H2,(H2,27,29,30). The number of hydrogen-bond donors (Lipinski definition) is 2. The number of benzene rings is 4. The van der Waals surface area contributed by atoms with E-state index in [9.17, 15) is 8.42 Å². The molecule has 0 bridgehead atoms. The summed E-state index contributed by atoms with van der Waals surface area (Å²) in [5, 5.41) is 11.6. The number of anilines is 1. The average molecular weight is 487 g/mol. The van der Waals surface area contributed by atoms with Gasteiger partial charge in [0.05, 0.1) is 14.9 Å². The van der Waals surface area contributed by atoms with Gasteiger partial charge in [-0.2, -0.15) is 0 Å². The summed E-state index contributed by atoms with van der Waals surface area (Å²) in [6.45, 7) is 0.818. The van der Waals surface area contributed by atoms with Crippen molar-refractivity contribution < 1.29 is 13.2 Å². The fraction of sp³-hybridized carbons (Fsp3) is 0.0833. The maximum absolute atomic E-state index is 11.5. The second-order valence-electron chi connectivity index (χ2n) is 7.22. The number of ether oxygens (including phenoxy) is 1. The van der Waals surface area contributed by atoms with Crippen molar-refractivity contribution in [1.29, 1.82) is 0 Å². The Morgan fingerprint density at radius 2 is 1.62 bits per heavy atom. The van der Waals surface area contributed by atoms with Gasteiger partial charge in [-0.25, -0.2) is 13.6 Å². The van der Waals surface area contributed by atoms with Crippen molar-refractivity contribution in [2.75, 3.05) is 5.32 Å². The Hall–Kier alpha value is -2.77. The van der Waals surface area contributed by atoms with Gasteiger partial charge in [0.25, 0.3) is 0 Å². The third-order valence-electron chi connectivity index (χ3n) is 5.03. The predicted octanol–water partition coefficient (Wildman–Crippen LogP) is 5.99. The Labute approximate surface area is 196 Å². The fourth-order valence-electron chi connectivity index (χ4n) is 3.38. The molecular weight excluding hydrogens is 467 g/mol. The molecule has 0 radical (unpaired) electrons. The van der Waals surface area contributed by atoms with E-state index in [0.717, 1.165) is 33.3 Å². The molecule has 0 aliphatic heterocycles. The van der Waals surface area contributed by atoms with Gasteiger partial charge in [0, 0.05) is 17.8 Å². The molecule has 5 nitrogen and oxygen atoms in total. The average Bonchev–Trinajstić information content (AvgIpc) is 2.78. The molecule has 0 atom stereocenters. The molecule has 0 fully saturated rings. The monoisotopic (exact) mass is 486 g/mol. The second kappa shape index (κ2) is 9.38. The highest BCUT2D eigenvalue weighted by Crippen LogP contribution is 2.30. The lowest BCUT2D eigenvalue weighted by Crippen LogP contribution is -2.12. The van der Waals surface area contributed by atoms with Crippen LogP contribution in [0.4, 0.5) is 5.69 Å². The van der Waals surface area contributed by atoms with Crippen molar-refractivity contribution in [3.8, 4) is 5.75 Å². The molecule has 4 rings (SSSR count). The molecule has 0 amide bonds. The molecular formula is C24H20Cl2N2O3S. The topological polar surface area (TPSA) is 81.4 Å². The fourth-order valence-corrected chi connectivity index (χ4v) is 4.21. The molecule has 0 heterocycles. The van der Waals surface area contributed by atoms with E-state index in [0.29, 0.717) is 23.2 Å². The number of fused-ring (bicyclic) bond motifs is 1. The molecule has 4 aromatic rings. The zero-order valence-electron chi connectivity index (χ0n) is 16.9. The minimum Gasteiger partial charge on any atom is -0.489 e. The smallest absolute Gasteiger partial charge is 0.238 e. The lowest BCUT2D eigenvalue weighted by atomic mass is 10.0. The molecule has 0 aliphatic carbocycles. The van der Waals surface area contributed by atoms with Crippen LogP contribution in [-0.2, 0) is 23.2 Å². The van der Waals surface area contributed by atoms with Gasteiger partial charge < -0.3 is 10.1 Å². The minimum absolute atomic E-state index is 0.0684. The zero-order valence-corrected chi connectivity index (χ0v) is 19.2. The van der Waals surface area contributed by atoms with E-state index < -0.39 is 10.0 Å². The van der Waals surface area contributed by atoms with Crippen LogP contribution in [0, 0.1) is 0 Å². The summed E-state index contributed by atoms with van der Waals surface area (Å²) in [7, 11) is -3.73. The number of halogens is 2. The van der Waals surface area contributed by atoms with Crippen molar-refractivity contribution in [3.63, 3.8) is 0 Å². The third kappa shape index (κ3) is 5.16. The molecule has 0 aliphatic rings. The first-order valence-corrected chi connectivity index (χ1v) is 12.1. The van der Waals surface area contributed by atoms with Crippen LogP contribution < -0.4 is 15.2 Å². The summed E-state index contributed by atoms with van der Waals surface area (Å²) < 4.78 is 29.1. The van der Waals surface area contributed by atoms with Gasteiger partial charge >= 0.3 is 0 Å². The van der Waals surface area contributed by atoms with Crippen LogP contribution in [-0.4, -0.2) is 8.42 Å². The summed E-state index contributed by atoms with van der Waals surface area (Å²) in [4.78, 5) is 0.0684. The Balaban J connectivity index is 1.59. The molecule has 0 saturated carbocycles. The van der Waals surface area contributed by atoms with Crippen LogP contribution in [0.2, 0.25) is 10.0 Å². The van der Waals surface area contributed by atoms with Gasteiger partial charge in [-0.05, 0) is 58.8 Å². The molecule has 32 heavy (non-hydrogen) atoms. The minimum atomic E-state index is -3.73. The first-order chi connectivity index (χ1) is 15.3. The van der Waals surface area contributed by atoms with E-state index in [1.165, 1.54) is 12.1 Å². The number of nitrogens with two attached hydrogens (primary N) is 1. The summed E-state index contributed by atoms with van der Waals surface area (Å²) in [5.41, 5.74) is 2.66. The maximum Gasteiger partial charge on any atom is 0.238 e. The molecule has 3 N–H and O–H groups in total. The Kier molecular flexibility index (Phi) is 6.58. The Morgan fingerprint density at radius 1 is 0.875 bits per heavy atom. The van der Waals surface area contributed by atoms with Gasteiger partial charge in [0.2, 0.25) is 10.0 Å². The Bertz CT molecular complexity index is 1370. The highest BCUT2D eigenvalue weighted by Gasteiger charge is 2.11. The largest absolute Gasteiger partial charge is 0.489 e. The molecule has 4 aromatic carbocycles. The van der Waals surface area contributed by atoms with Crippen LogP contribution in [0.1, 0.15) is 11.1 Å². The second-order valence-corrected chi connectivity index (χ2v) is 9.60. The van der Waals surface area contributed by atoms with Crippen LogP contribution in [0.5, 0.6) is 5.75 Å². The SMILES string of the molecule is NS(=O)(=O)c1ccc(NCc2c(OCc3ccc(Cl)c(Cl)c3)ccc3ccccc23)cc1. The normalized spacial score (nSPS) is 11.5. The van der Waals surface area contributed by atoms with Gasteiger partial charge in [-0.15, -0.1) is 0 Å². The van der Waals surface area contributed by atoms with Crippen molar-refractivity contribution in [2.24, 2.45) is 5.14 Å². The third-order valence-corrected chi connectivity index (χ3v) is 6.70. The van der Waals surface area contributed by atoms with Crippen molar-refractivity contribution in [2.45, 2.75) is 18.0 Å². The number of sulfonamides is 1. The predicted molar refractivity (Wildman–Crippen MR) is 130 cm³/mol. The number of rotatable bonds is 7. The van der Waals surface area contributed by atoms with E-state index in [1.807, 2.05) is 42.5 Å². The lowest BCUT2D eigenvalue weighted by molar-refractivity contribution is 0.304. The van der Waals surface area contributed by atoms with Crippen molar-refractivity contribution in [1.82, 2.24) is 0 Å². The number of hydrogen-bond acceptors (Lipinski definition) is 4. The molecule has 8 heteroatoms. The van der Waals surface area contributed by atoms with Crippen LogP contribution in [0.25, 0.3) is 10.8 Å². The summed E-state index contributed by atoms with van der Waals surface area (Å²) in [6.07, 6.45) is 0. The highest BCUT2D eigenvalue weighted by molar-refractivity contribution is 7.89. The molecule has 0 saturated heterocycles. The van der Waals surface area contributed by atoms with Crippen LogP contribution >= 0.6 is 23.2 Å². The van der Waals surface area contributed by atoms with Gasteiger partial charge in [-0.1, -0.05) is 59.6 Å². The first-order valence-electron chi connectivity index (χ1n) is 9.75. The van der Waals surface area contributed by atoms with Gasteiger partial charge in [0.1, 0.15) is 12.4 Å². The summed E-state index contributed by atoms with van der Waals surface area (Å²) in [5.74, 6) is 0.739. The van der Waals surface area contributed by atoms with Gasteiger partial charge in [-0.3, -0.25) is 0 Å². The highest BCUT2D eigenvalue weighted by atomic mass is 35.5. The molecule has 0 aromatic heterocycles. The van der Waals surface area contributed by atoms with Crippen molar-refractivity contribution in [3.05, 3.63) is 100 Å². The number of primary sulfonamides is 1.